The molecule has 96 valence electrons. The van der Waals surface area contributed by atoms with Gasteiger partial charge in [-0.25, -0.2) is 0 Å². The molecule has 2 unspecified atom stereocenters. The van der Waals surface area contributed by atoms with E-state index in [-0.39, 0.29) is 12.1 Å². The largest absolute Gasteiger partial charge is 0.496 e. The van der Waals surface area contributed by atoms with Crippen molar-refractivity contribution < 1.29 is 4.74 Å². The molecule has 3 nitrogen and oxygen atoms in total. The number of hydrogen-bond donors (Lipinski definition) is 1. The highest BCUT2D eigenvalue weighted by Crippen LogP contribution is 2.29. The molecule has 0 aliphatic carbocycles. The van der Waals surface area contributed by atoms with Crippen LogP contribution in [0, 0.1) is 13.8 Å². The van der Waals surface area contributed by atoms with E-state index in [4.69, 9.17) is 10.5 Å². The van der Waals surface area contributed by atoms with Gasteiger partial charge in [-0.1, -0.05) is 12.1 Å². The molecule has 0 saturated carbocycles. The van der Waals surface area contributed by atoms with Crippen molar-refractivity contribution in [3.8, 4) is 5.75 Å². The third-order valence-corrected chi connectivity index (χ3v) is 3.08. The number of nitrogens with two attached hydrogens (primary N) is 1. The SMILES string of the molecule is COc1c(C)cc(C(C(C)N)N(C)C)cc1C. The summed E-state index contributed by atoms with van der Waals surface area (Å²) in [5.41, 5.74) is 9.64. The Hall–Kier alpha value is -1.06. The molecule has 2 N–H and O–H groups in total. The summed E-state index contributed by atoms with van der Waals surface area (Å²) in [6.45, 7) is 6.19. The van der Waals surface area contributed by atoms with Crippen LogP contribution in [0.3, 0.4) is 0 Å². The zero-order chi connectivity index (χ0) is 13.2. The highest BCUT2D eigenvalue weighted by atomic mass is 16.5. The van der Waals surface area contributed by atoms with E-state index >= 15 is 0 Å². The Balaban J connectivity index is 3.22. The zero-order valence-corrected chi connectivity index (χ0v) is 11.7. The molecule has 1 aromatic rings. The van der Waals surface area contributed by atoms with Crippen LogP contribution in [0.2, 0.25) is 0 Å². The lowest BCUT2D eigenvalue weighted by Crippen LogP contribution is -2.35. The zero-order valence-electron chi connectivity index (χ0n) is 11.7. The van der Waals surface area contributed by atoms with Crippen LogP contribution < -0.4 is 10.5 Å². The van der Waals surface area contributed by atoms with Crippen molar-refractivity contribution in [3.63, 3.8) is 0 Å². The van der Waals surface area contributed by atoms with Gasteiger partial charge in [0, 0.05) is 12.1 Å². The van der Waals surface area contributed by atoms with Crippen LogP contribution in [0.5, 0.6) is 5.75 Å². The lowest BCUT2D eigenvalue weighted by atomic mass is 9.95. The molecule has 1 aromatic carbocycles. The summed E-state index contributed by atoms with van der Waals surface area (Å²) in [6.07, 6.45) is 0. The Labute approximate surface area is 105 Å². The summed E-state index contributed by atoms with van der Waals surface area (Å²) in [5, 5.41) is 0. The lowest BCUT2D eigenvalue weighted by molar-refractivity contribution is 0.266. The van der Waals surface area contributed by atoms with Crippen LogP contribution in [-0.2, 0) is 0 Å². The number of nitrogens with zero attached hydrogens (tertiary/aromatic N) is 1. The Morgan fingerprint density at radius 1 is 1.18 bits per heavy atom. The summed E-state index contributed by atoms with van der Waals surface area (Å²) in [5.74, 6) is 0.968. The number of aryl methyl sites for hydroxylation is 2. The quantitative estimate of drug-likeness (QED) is 0.871. The molecule has 0 bridgehead atoms. The van der Waals surface area contributed by atoms with E-state index in [0.717, 1.165) is 16.9 Å². The van der Waals surface area contributed by atoms with Crippen molar-refractivity contribution in [2.45, 2.75) is 32.9 Å². The number of benzene rings is 1. The van der Waals surface area contributed by atoms with Crippen LogP contribution in [-0.4, -0.2) is 32.1 Å². The summed E-state index contributed by atoms with van der Waals surface area (Å²) < 4.78 is 5.39. The number of likely N-dealkylation sites (N-methyl/N-ethyl adjacent to an activating group) is 1. The standard InChI is InChI=1S/C14H24N2O/c1-9-7-12(8-10(2)14(9)17-6)13(11(3)15)16(4)5/h7-8,11,13H,15H2,1-6H3. The van der Waals surface area contributed by atoms with Gasteiger partial charge in [0.25, 0.3) is 0 Å². The molecule has 0 radical (unpaired) electrons. The predicted molar refractivity (Wildman–Crippen MR) is 72.5 cm³/mol. The molecular formula is C14H24N2O. The highest BCUT2D eigenvalue weighted by Gasteiger charge is 2.20. The maximum atomic E-state index is 6.07. The summed E-state index contributed by atoms with van der Waals surface area (Å²) in [7, 11) is 5.83. The van der Waals surface area contributed by atoms with Crippen molar-refractivity contribution in [2.24, 2.45) is 5.73 Å². The fourth-order valence-electron chi connectivity index (χ4n) is 2.55. The van der Waals surface area contributed by atoms with Gasteiger partial charge < -0.3 is 15.4 Å². The number of ether oxygens (including phenoxy) is 1. The van der Waals surface area contributed by atoms with Crippen molar-refractivity contribution >= 4 is 0 Å². The van der Waals surface area contributed by atoms with Crippen molar-refractivity contribution in [2.75, 3.05) is 21.2 Å². The Bertz CT molecular complexity index is 355. The minimum atomic E-state index is 0.0946. The molecule has 17 heavy (non-hydrogen) atoms. The van der Waals surface area contributed by atoms with Gasteiger partial charge in [0.15, 0.2) is 0 Å². The fourth-order valence-corrected chi connectivity index (χ4v) is 2.55. The van der Waals surface area contributed by atoms with E-state index in [0.29, 0.717) is 0 Å². The molecule has 0 fully saturated rings. The van der Waals surface area contributed by atoms with Gasteiger partial charge in [0.1, 0.15) is 5.75 Å². The van der Waals surface area contributed by atoms with Crippen LogP contribution in [0.25, 0.3) is 0 Å². The smallest absolute Gasteiger partial charge is 0.124 e. The topological polar surface area (TPSA) is 38.5 Å². The third-order valence-electron chi connectivity index (χ3n) is 3.08. The molecule has 1 rings (SSSR count). The number of methoxy groups -OCH3 is 1. The number of hydrogen-bond acceptors (Lipinski definition) is 3. The second-order valence-corrected chi connectivity index (χ2v) is 4.96. The van der Waals surface area contributed by atoms with Crippen LogP contribution in [0.1, 0.15) is 29.7 Å². The first kappa shape index (κ1) is 14.0. The fraction of sp³-hybridized carbons (Fsp3) is 0.571. The maximum Gasteiger partial charge on any atom is 0.124 e. The van der Waals surface area contributed by atoms with Crippen LogP contribution in [0.15, 0.2) is 12.1 Å². The normalized spacial score (nSPS) is 14.8. The predicted octanol–water partition coefficient (Wildman–Crippen LogP) is 2.26. The number of rotatable bonds is 4. The average molecular weight is 236 g/mol. The van der Waals surface area contributed by atoms with Gasteiger partial charge in [-0.3, -0.25) is 0 Å². The minimum Gasteiger partial charge on any atom is -0.496 e. The maximum absolute atomic E-state index is 6.07. The third kappa shape index (κ3) is 2.99. The van der Waals surface area contributed by atoms with Gasteiger partial charge >= 0.3 is 0 Å². The van der Waals surface area contributed by atoms with E-state index in [1.807, 2.05) is 6.92 Å². The molecule has 0 aliphatic rings. The molecule has 0 spiro atoms. The first-order chi connectivity index (χ1) is 7.88. The van der Waals surface area contributed by atoms with Crippen LogP contribution >= 0.6 is 0 Å². The van der Waals surface area contributed by atoms with E-state index in [1.54, 1.807) is 7.11 Å². The Morgan fingerprint density at radius 3 is 1.94 bits per heavy atom. The molecule has 0 aromatic heterocycles. The highest BCUT2D eigenvalue weighted by molar-refractivity contribution is 5.44. The van der Waals surface area contributed by atoms with Crippen molar-refractivity contribution in [1.82, 2.24) is 4.90 Å². The molecule has 3 heteroatoms. The molecule has 0 heterocycles. The van der Waals surface area contributed by atoms with Gasteiger partial charge in [-0.2, -0.15) is 0 Å². The van der Waals surface area contributed by atoms with Gasteiger partial charge in [0.2, 0.25) is 0 Å². The molecule has 0 amide bonds. The second kappa shape index (κ2) is 5.52. The van der Waals surface area contributed by atoms with Gasteiger partial charge in [-0.05, 0) is 51.6 Å². The van der Waals surface area contributed by atoms with E-state index in [9.17, 15) is 0 Å². The summed E-state index contributed by atoms with van der Waals surface area (Å²) >= 11 is 0. The molecule has 0 aliphatic heterocycles. The molecule has 0 saturated heterocycles. The average Bonchev–Trinajstić information content (AvgIpc) is 2.15. The monoisotopic (exact) mass is 236 g/mol. The first-order valence-electron chi connectivity index (χ1n) is 5.95. The van der Waals surface area contributed by atoms with Crippen molar-refractivity contribution in [3.05, 3.63) is 28.8 Å². The van der Waals surface area contributed by atoms with E-state index in [2.05, 4.69) is 45.0 Å². The Morgan fingerprint density at radius 2 is 1.65 bits per heavy atom. The Kier molecular flexibility index (Phi) is 4.54. The van der Waals surface area contributed by atoms with Crippen LogP contribution in [0.4, 0.5) is 0 Å². The molecule has 2 atom stereocenters. The molecular weight excluding hydrogens is 212 g/mol. The van der Waals surface area contributed by atoms with Crippen molar-refractivity contribution in [1.29, 1.82) is 0 Å². The minimum absolute atomic E-state index is 0.0946. The van der Waals surface area contributed by atoms with E-state index < -0.39 is 0 Å². The summed E-state index contributed by atoms with van der Waals surface area (Å²) in [6, 6.07) is 4.66. The lowest BCUT2D eigenvalue weighted by Gasteiger charge is -2.29. The summed E-state index contributed by atoms with van der Waals surface area (Å²) in [4.78, 5) is 2.16. The first-order valence-corrected chi connectivity index (χ1v) is 5.95. The van der Waals surface area contributed by atoms with Gasteiger partial charge in [0.05, 0.1) is 7.11 Å². The van der Waals surface area contributed by atoms with E-state index in [1.165, 1.54) is 5.56 Å². The van der Waals surface area contributed by atoms with Gasteiger partial charge in [-0.15, -0.1) is 0 Å². The second-order valence-electron chi connectivity index (χ2n) is 4.96.